The van der Waals surface area contributed by atoms with E-state index in [0.29, 0.717) is 23.4 Å². The summed E-state index contributed by atoms with van der Waals surface area (Å²) in [6, 6.07) is 8.41. The Balaban J connectivity index is 2.65. The van der Waals surface area contributed by atoms with Crippen LogP contribution in [-0.2, 0) is 6.54 Å². The SMILES string of the molecule is CCn1ccc(-c2ccc(OC)c(O)c2)c(C#N)c1=O. The van der Waals surface area contributed by atoms with E-state index in [4.69, 9.17) is 4.74 Å². The molecule has 0 saturated heterocycles. The molecule has 0 unspecified atom stereocenters. The van der Waals surface area contributed by atoms with Crippen molar-refractivity contribution in [2.45, 2.75) is 13.5 Å². The number of rotatable bonds is 3. The van der Waals surface area contributed by atoms with Gasteiger partial charge in [-0.3, -0.25) is 4.79 Å². The molecular weight excluding hydrogens is 256 g/mol. The highest BCUT2D eigenvalue weighted by molar-refractivity contribution is 5.72. The Labute approximate surface area is 116 Å². The summed E-state index contributed by atoms with van der Waals surface area (Å²) in [7, 11) is 1.46. The Hall–Kier alpha value is -2.74. The number of nitriles is 1. The van der Waals surface area contributed by atoms with E-state index in [2.05, 4.69) is 0 Å². The first-order chi connectivity index (χ1) is 9.62. The van der Waals surface area contributed by atoms with E-state index >= 15 is 0 Å². The Morgan fingerprint density at radius 2 is 2.15 bits per heavy atom. The predicted octanol–water partition coefficient (Wildman–Crippen LogP) is 2.12. The first kappa shape index (κ1) is 13.7. The summed E-state index contributed by atoms with van der Waals surface area (Å²) in [6.07, 6.45) is 1.64. The van der Waals surface area contributed by atoms with E-state index in [-0.39, 0.29) is 16.9 Å². The number of phenols is 1. The van der Waals surface area contributed by atoms with Crippen LogP contribution in [0.5, 0.6) is 11.5 Å². The monoisotopic (exact) mass is 270 g/mol. The second-order valence-corrected chi connectivity index (χ2v) is 4.19. The van der Waals surface area contributed by atoms with Gasteiger partial charge in [-0.2, -0.15) is 5.26 Å². The highest BCUT2D eigenvalue weighted by atomic mass is 16.5. The molecule has 0 amide bonds. The van der Waals surface area contributed by atoms with Crippen LogP contribution in [0.15, 0.2) is 35.3 Å². The van der Waals surface area contributed by atoms with Crippen LogP contribution in [0.3, 0.4) is 0 Å². The number of methoxy groups -OCH3 is 1. The van der Waals surface area contributed by atoms with Crippen LogP contribution in [-0.4, -0.2) is 16.8 Å². The Bertz CT molecular complexity index is 742. The molecule has 2 rings (SSSR count). The fourth-order valence-electron chi connectivity index (χ4n) is 2.03. The third kappa shape index (κ3) is 2.24. The minimum absolute atomic E-state index is 0.0337. The molecule has 1 aromatic heterocycles. The number of hydrogen-bond donors (Lipinski definition) is 1. The van der Waals surface area contributed by atoms with Gasteiger partial charge in [0.1, 0.15) is 11.6 Å². The molecule has 5 heteroatoms. The zero-order valence-corrected chi connectivity index (χ0v) is 11.3. The first-order valence-electron chi connectivity index (χ1n) is 6.13. The normalized spacial score (nSPS) is 10.1. The molecule has 0 atom stereocenters. The third-order valence-electron chi connectivity index (χ3n) is 3.11. The van der Waals surface area contributed by atoms with Gasteiger partial charge in [0.2, 0.25) is 0 Å². The molecule has 1 heterocycles. The summed E-state index contributed by atoms with van der Waals surface area (Å²) in [4.78, 5) is 12.1. The van der Waals surface area contributed by atoms with E-state index in [9.17, 15) is 15.2 Å². The maximum absolute atomic E-state index is 12.1. The number of pyridine rings is 1. The molecule has 0 aliphatic heterocycles. The van der Waals surface area contributed by atoms with E-state index < -0.39 is 0 Å². The van der Waals surface area contributed by atoms with Crippen LogP contribution in [0, 0.1) is 11.3 Å². The lowest BCUT2D eigenvalue weighted by Gasteiger charge is -2.09. The van der Waals surface area contributed by atoms with Crippen LogP contribution < -0.4 is 10.3 Å². The zero-order valence-electron chi connectivity index (χ0n) is 11.3. The first-order valence-corrected chi connectivity index (χ1v) is 6.13. The molecule has 1 N–H and O–H groups in total. The maximum atomic E-state index is 12.1. The number of aromatic hydroxyl groups is 1. The Kier molecular flexibility index (Phi) is 3.76. The average molecular weight is 270 g/mol. The number of benzene rings is 1. The summed E-state index contributed by atoms with van der Waals surface area (Å²) in [6.45, 7) is 2.34. The Morgan fingerprint density at radius 1 is 1.40 bits per heavy atom. The second kappa shape index (κ2) is 5.49. The third-order valence-corrected chi connectivity index (χ3v) is 3.11. The lowest BCUT2D eigenvalue weighted by molar-refractivity contribution is 0.373. The van der Waals surface area contributed by atoms with Crippen molar-refractivity contribution < 1.29 is 9.84 Å². The highest BCUT2D eigenvalue weighted by Gasteiger charge is 2.12. The molecule has 0 bridgehead atoms. The number of aromatic nitrogens is 1. The minimum Gasteiger partial charge on any atom is -0.504 e. The van der Waals surface area contributed by atoms with Crippen molar-refractivity contribution in [1.29, 1.82) is 5.26 Å². The van der Waals surface area contributed by atoms with Gasteiger partial charge in [0.05, 0.1) is 7.11 Å². The summed E-state index contributed by atoms with van der Waals surface area (Å²) >= 11 is 0. The maximum Gasteiger partial charge on any atom is 0.269 e. The van der Waals surface area contributed by atoms with Gasteiger partial charge in [-0.1, -0.05) is 6.07 Å². The topological polar surface area (TPSA) is 75.2 Å². The largest absolute Gasteiger partial charge is 0.504 e. The Morgan fingerprint density at radius 3 is 2.70 bits per heavy atom. The standard InChI is InChI=1S/C15H14N2O3/c1-3-17-7-6-11(12(9-16)15(17)19)10-4-5-14(20-2)13(18)8-10/h4-8,18H,3H2,1-2H3. The van der Waals surface area contributed by atoms with Gasteiger partial charge < -0.3 is 14.4 Å². The summed E-state index contributed by atoms with van der Waals surface area (Å²) in [5.41, 5.74) is 0.835. The van der Waals surface area contributed by atoms with E-state index in [1.165, 1.54) is 17.7 Å². The van der Waals surface area contributed by atoms with Crippen molar-refractivity contribution in [3.05, 3.63) is 46.4 Å². The fraction of sp³-hybridized carbons (Fsp3) is 0.200. The van der Waals surface area contributed by atoms with Gasteiger partial charge in [0, 0.05) is 18.3 Å². The summed E-state index contributed by atoms with van der Waals surface area (Å²) < 4.78 is 6.44. The smallest absolute Gasteiger partial charge is 0.269 e. The van der Waals surface area contributed by atoms with E-state index in [1.807, 2.05) is 13.0 Å². The molecule has 0 spiro atoms. The van der Waals surface area contributed by atoms with Gasteiger partial charge >= 0.3 is 0 Å². The fourth-order valence-corrected chi connectivity index (χ4v) is 2.03. The molecule has 5 nitrogen and oxygen atoms in total. The van der Waals surface area contributed by atoms with Crippen molar-refractivity contribution in [1.82, 2.24) is 4.57 Å². The van der Waals surface area contributed by atoms with E-state index in [1.54, 1.807) is 24.4 Å². The lowest BCUT2D eigenvalue weighted by Crippen LogP contribution is -2.21. The van der Waals surface area contributed by atoms with Crippen molar-refractivity contribution in [3.63, 3.8) is 0 Å². The number of phenolic OH excluding ortho intramolecular Hbond substituents is 1. The minimum atomic E-state index is -0.331. The molecule has 0 aliphatic carbocycles. The number of hydrogen-bond acceptors (Lipinski definition) is 4. The van der Waals surface area contributed by atoms with Crippen molar-refractivity contribution in [3.8, 4) is 28.7 Å². The van der Waals surface area contributed by atoms with Gasteiger partial charge in [-0.15, -0.1) is 0 Å². The molecule has 0 saturated carbocycles. The molecule has 0 aliphatic rings. The zero-order chi connectivity index (χ0) is 14.7. The molecule has 0 fully saturated rings. The van der Waals surface area contributed by atoms with Gasteiger partial charge in [0.25, 0.3) is 5.56 Å². The van der Waals surface area contributed by atoms with Crippen LogP contribution >= 0.6 is 0 Å². The summed E-state index contributed by atoms with van der Waals surface area (Å²) in [5, 5.41) is 19.0. The van der Waals surface area contributed by atoms with Crippen LogP contribution in [0.25, 0.3) is 11.1 Å². The quantitative estimate of drug-likeness (QED) is 0.927. The molecule has 20 heavy (non-hydrogen) atoms. The predicted molar refractivity (Wildman–Crippen MR) is 74.7 cm³/mol. The van der Waals surface area contributed by atoms with Crippen LogP contribution in [0.1, 0.15) is 12.5 Å². The highest BCUT2D eigenvalue weighted by Crippen LogP contribution is 2.31. The molecule has 2 aromatic rings. The van der Waals surface area contributed by atoms with E-state index in [0.717, 1.165) is 0 Å². The number of nitrogens with zero attached hydrogens (tertiary/aromatic N) is 2. The second-order valence-electron chi connectivity index (χ2n) is 4.19. The van der Waals surface area contributed by atoms with Gasteiger partial charge in [-0.05, 0) is 30.7 Å². The van der Waals surface area contributed by atoms with Crippen molar-refractivity contribution in [2.24, 2.45) is 0 Å². The number of ether oxygens (including phenoxy) is 1. The molecular formula is C15H14N2O3. The molecule has 0 radical (unpaired) electrons. The van der Waals surface area contributed by atoms with Gasteiger partial charge in [0.15, 0.2) is 11.5 Å². The van der Waals surface area contributed by atoms with Crippen molar-refractivity contribution >= 4 is 0 Å². The lowest BCUT2D eigenvalue weighted by atomic mass is 10.0. The molecule has 1 aromatic carbocycles. The number of aryl methyl sites for hydroxylation is 1. The molecule has 102 valence electrons. The van der Waals surface area contributed by atoms with Gasteiger partial charge in [-0.25, -0.2) is 0 Å². The summed E-state index contributed by atoms with van der Waals surface area (Å²) in [5.74, 6) is 0.308. The van der Waals surface area contributed by atoms with Crippen molar-refractivity contribution in [2.75, 3.05) is 7.11 Å². The van der Waals surface area contributed by atoms with Crippen LogP contribution in [0.2, 0.25) is 0 Å². The average Bonchev–Trinajstić information content (AvgIpc) is 2.46. The van der Waals surface area contributed by atoms with Crippen LogP contribution in [0.4, 0.5) is 0 Å².